The highest BCUT2D eigenvalue weighted by atomic mass is 16.6. The van der Waals surface area contributed by atoms with Crippen molar-refractivity contribution < 1.29 is 14.3 Å². The van der Waals surface area contributed by atoms with E-state index in [1.54, 1.807) is 0 Å². The number of amides is 1. The predicted octanol–water partition coefficient (Wildman–Crippen LogP) is 3.18. The number of fused-ring (bicyclic) bond motifs is 2. The van der Waals surface area contributed by atoms with E-state index in [0.717, 1.165) is 56.0 Å². The topological polar surface area (TPSA) is 42.0 Å². The zero-order chi connectivity index (χ0) is 18.9. The summed E-state index contributed by atoms with van der Waals surface area (Å²) >= 11 is 0. The fourth-order valence-corrected chi connectivity index (χ4v) is 4.65. The minimum absolute atomic E-state index is 0.139. The van der Waals surface area contributed by atoms with Crippen LogP contribution in [0.25, 0.3) is 0 Å². The molecule has 1 fully saturated rings. The van der Waals surface area contributed by atoms with Gasteiger partial charge in [-0.15, -0.1) is 0 Å². The van der Waals surface area contributed by atoms with Gasteiger partial charge in [0.1, 0.15) is 13.2 Å². The SMILES string of the molecule is O=C(CN1CCc2ccccc2C1)N1CCC[C@@H]1c1ccc2c(c1)OCCO2. The Morgan fingerprint density at radius 2 is 1.82 bits per heavy atom. The van der Waals surface area contributed by atoms with Crippen LogP contribution in [-0.4, -0.2) is 48.6 Å². The Morgan fingerprint density at radius 3 is 2.71 bits per heavy atom. The number of hydrogen-bond donors (Lipinski definition) is 0. The van der Waals surface area contributed by atoms with E-state index in [-0.39, 0.29) is 11.9 Å². The second kappa shape index (κ2) is 7.47. The van der Waals surface area contributed by atoms with Gasteiger partial charge >= 0.3 is 0 Å². The van der Waals surface area contributed by atoms with Gasteiger partial charge in [0.2, 0.25) is 5.91 Å². The van der Waals surface area contributed by atoms with E-state index in [2.05, 4.69) is 46.2 Å². The molecular formula is C23H26N2O3. The van der Waals surface area contributed by atoms with Crippen molar-refractivity contribution in [3.8, 4) is 11.5 Å². The lowest BCUT2D eigenvalue weighted by Gasteiger charge is -2.32. The van der Waals surface area contributed by atoms with Gasteiger partial charge in [0.25, 0.3) is 0 Å². The maximum atomic E-state index is 13.1. The molecule has 0 radical (unpaired) electrons. The third kappa shape index (κ3) is 3.35. The molecule has 0 aliphatic carbocycles. The molecular weight excluding hydrogens is 352 g/mol. The molecule has 0 N–H and O–H groups in total. The molecule has 28 heavy (non-hydrogen) atoms. The van der Waals surface area contributed by atoms with E-state index < -0.39 is 0 Å². The Kier molecular flexibility index (Phi) is 4.69. The van der Waals surface area contributed by atoms with Crippen LogP contribution in [0.5, 0.6) is 11.5 Å². The summed E-state index contributed by atoms with van der Waals surface area (Å²) in [6, 6.07) is 14.8. The summed E-state index contributed by atoms with van der Waals surface area (Å²) in [5.74, 6) is 1.84. The first-order valence-corrected chi connectivity index (χ1v) is 10.3. The monoisotopic (exact) mass is 378 g/mol. The van der Waals surface area contributed by atoms with Crippen molar-refractivity contribution in [3.63, 3.8) is 0 Å². The average Bonchev–Trinajstić information content (AvgIpc) is 3.23. The Hall–Kier alpha value is -2.53. The summed E-state index contributed by atoms with van der Waals surface area (Å²) in [6.45, 7) is 4.33. The number of carbonyl (C=O) groups is 1. The van der Waals surface area contributed by atoms with Crippen LogP contribution in [0.3, 0.4) is 0 Å². The van der Waals surface area contributed by atoms with Crippen molar-refractivity contribution in [1.29, 1.82) is 0 Å². The summed E-state index contributed by atoms with van der Waals surface area (Å²) in [4.78, 5) is 17.5. The van der Waals surface area contributed by atoms with Crippen molar-refractivity contribution in [2.75, 3.05) is 32.8 Å². The summed E-state index contributed by atoms with van der Waals surface area (Å²) in [5, 5.41) is 0. The highest BCUT2D eigenvalue weighted by molar-refractivity contribution is 5.79. The standard InChI is InChI=1S/C23H26N2O3/c26-23(16-24-11-9-17-4-1-2-5-19(17)15-24)25-10-3-6-20(25)18-7-8-21-22(14-18)28-13-12-27-21/h1-2,4-5,7-8,14,20H,3,6,9-13,15-16H2/t20-/m1/s1. The molecule has 2 aromatic carbocycles. The van der Waals surface area contributed by atoms with Gasteiger partial charge in [-0.1, -0.05) is 30.3 Å². The largest absolute Gasteiger partial charge is 0.486 e. The number of nitrogens with zero attached hydrogens (tertiary/aromatic N) is 2. The summed E-state index contributed by atoms with van der Waals surface area (Å²) in [6.07, 6.45) is 3.08. The molecule has 0 spiro atoms. The Balaban J connectivity index is 1.28. The van der Waals surface area contributed by atoms with Crippen LogP contribution in [0.1, 0.15) is 35.6 Å². The predicted molar refractivity (Wildman–Crippen MR) is 107 cm³/mol. The first-order chi connectivity index (χ1) is 13.8. The molecule has 3 heterocycles. The average molecular weight is 378 g/mol. The van der Waals surface area contributed by atoms with E-state index in [1.807, 2.05) is 6.07 Å². The maximum Gasteiger partial charge on any atom is 0.237 e. The third-order valence-electron chi connectivity index (χ3n) is 6.09. The van der Waals surface area contributed by atoms with E-state index in [1.165, 1.54) is 11.1 Å². The van der Waals surface area contributed by atoms with Crippen LogP contribution in [0.4, 0.5) is 0 Å². The Bertz CT molecular complexity index is 882. The van der Waals surface area contributed by atoms with Crippen molar-refractivity contribution in [3.05, 3.63) is 59.2 Å². The van der Waals surface area contributed by atoms with Crippen LogP contribution in [0.15, 0.2) is 42.5 Å². The number of hydrogen-bond acceptors (Lipinski definition) is 4. The summed E-state index contributed by atoms with van der Waals surface area (Å²) in [7, 11) is 0. The van der Waals surface area contributed by atoms with Crippen molar-refractivity contribution in [2.45, 2.75) is 31.8 Å². The highest BCUT2D eigenvalue weighted by Gasteiger charge is 2.32. The minimum atomic E-state index is 0.139. The maximum absolute atomic E-state index is 13.1. The molecule has 0 aromatic heterocycles. The second-order valence-corrected chi connectivity index (χ2v) is 7.88. The van der Waals surface area contributed by atoms with Gasteiger partial charge in [-0.05, 0) is 48.1 Å². The number of carbonyl (C=O) groups excluding carboxylic acids is 1. The molecule has 5 heteroatoms. The fourth-order valence-electron chi connectivity index (χ4n) is 4.65. The Labute approximate surface area is 165 Å². The van der Waals surface area contributed by atoms with Crippen LogP contribution in [0.2, 0.25) is 0 Å². The number of likely N-dealkylation sites (tertiary alicyclic amines) is 1. The minimum Gasteiger partial charge on any atom is -0.486 e. The lowest BCUT2D eigenvalue weighted by molar-refractivity contribution is -0.133. The van der Waals surface area contributed by atoms with Crippen LogP contribution >= 0.6 is 0 Å². The molecule has 3 aliphatic rings. The summed E-state index contributed by atoms with van der Waals surface area (Å²) in [5.41, 5.74) is 3.92. The Morgan fingerprint density at radius 1 is 1.00 bits per heavy atom. The highest BCUT2D eigenvalue weighted by Crippen LogP contribution is 2.38. The number of benzene rings is 2. The smallest absolute Gasteiger partial charge is 0.237 e. The van der Waals surface area contributed by atoms with Gasteiger partial charge < -0.3 is 14.4 Å². The van der Waals surface area contributed by atoms with E-state index in [0.29, 0.717) is 19.8 Å². The van der Waals surface area contributed by atoms with E-state index in [4.69, 9.17) is 9.47 Å². The van der Waals surface area contributed by atoms with Gasteiger partial charge in [-0.25, -0.2) is 0 Å². The van der Waals surface area contributed by atoms with Crippen LogP contribution < -0.4 is 9.47 Å². The zero-order valence-electron chi connectivity index (χ0n) is 16.1. The second-order valence-electron chi connectivity index (χ2n) is 7.88. The molecule has 1 saturated heterocycles. The first-order valence-electron chi connectivity index (χ1n) is 10.3. The molecule has 0 bridgehead atoms. The first kappa shape index (κ1) is 17.6. The van der Waals surface area contributed by atoms with E-state index in [9.17, 15) is 4.79 Å². The van der Waals surface area contributed by atoms with Crippen molar-refractivity contribution in [2.24, 2.45) is 0 Å². The van der Waals surface area contributed by atoms with Crippen molar-refractivity contribution >= 4 is 5.91 Å². The fraction of sp³-hybridized carbons (Fsp3) is 0.435. The summed E-state index contributed by atoms with van der Waals surface area (Å²) < 4.78 is 11.4. The zero-order valence-corrected chi connectivity index (χ0v) is 16.1. The lowest BCUT2D eigenvalue weighted by atomic mass is 10.00. The van der Waals surface area contributed by atoms with Crippen LogP contribution in [0, 0.1) is 0 Å². The molecule has 1 atom stereocenters. The van der Waals surface area contributed by atoms with Crippen LogP contribution in [-0.2, 0) is 17.8 Å². The van der Waals surface area contributed by atoms with E-state index >= 15 is 0 Å². The molecule has 1 amide bonds. The van der Waals surface area contributed by atoms with Gasteiger partial charge in [-0.3, -0.25) is 9.69 Å². The molecule has 2 aromatic rings. The van der Waals surface area contributed by atoms with Gasteiger partial charge in [0, 0.05) is 19.6 Å². The third-order valence-corrected chi connectivity index (χ3v) is 6.09. The number of rotatable bonds is 3. The van der Waals surface area contributed by atoms with Gasteiger partial charge in [0.05, 0.1) is 12.6 Å². The van der Waals surface area contributed by atoms with Crippen molar-refractivity contribution in [1.82, 2.24) is 9.80 Å². The molecule has 0 saturated carbocycles. The quantitative estimate of drug-likeness (QED) is 0.823. The molecule has 5 nitrogen and oxygen atoms in total. The molecule has 0 unspecified atom stereocenters. The normalized spacial score (nSPS) is 21.4. The molecule has 5 rings (SSSR count). The van der Waals surface area contributed by atoms with Gasteiger partial charge in [-0.2, -0.15) is 0 Å². The lowest BCUT2D eigenvalue weighted by Crippen LogP contribution is -2.42. The number of ether oxygens (including phenoxy) is 2. The van der Waals surface area contributed by atoms with Gasteiger partial charge in [0.15, 0.2) is 11.5 Å². The molecule has 146 valence electrons. The molecule has 3 aliphatic heterocycles.